The third kappa shape index (κ3) is 3.40. The number of aromatic nitrogens is 3. The van der Waals surface area contributed by atoms with Gasteiger partial charge in [-0.1, -0.05) is 6.07 Å². The third-order valence-electron chi connectivity index (χ3n) is 3.94. The predicted octanol–water partition coefficient (Wildman–Crippen LogP) is 2.03. The van der Waals surface area contributed by atoms with E-state index in [0.29, 0.717) is 41.4 Å². The molecule has 1 aromatic carbocycles. The van der Waals surface area contributed by atoms with Crippen molar-refractivity contribution in [2.24, 2.45) is 0 Å². The Hall–Kier alpha value is -3.09. The molecule has 0 radical (unpaired) electrons. The van der Waals surface area contributed by atoms with Gasteiger partial charge in [-0.15, -0.1) is 0 Å². The molecule has 25 heavy (non-hydrogen) atoms. The number of nitrogens with zero attached hydrogens (tertiary/aromatic N) is 3. The highest BCUT2D eigenvalue weighted by molar-refractivity contribution is 6.00. The molecular weight excluding hydrogens is 320 g/mol. The molecule has 7 heteroatoms. The highest BCUT2D eigenvalue weighted by atomic mass is 16.5. The summed E-state index contributed by atoms with van der Waals surface area (Å²) in [5, 5.41) is 7.23. The van der Waals surface area contributed by atoms with Crippen LogP contribution in [0.15, 0.2) is 36.7 Å². The van der Waals surface area contributed by atoms with Gasteiger partial charge in [0.25, 0.3) is 5.91 Å². The zero-order valence-corrected chi connectivity index (χ0v) is 14.4. The Balaban J connectivity index is 1.67. The van der Waals surface area contributed by atoms with Crippen molar-refractivity contribution in [1.29, 1.82) is 0 Å². The largest absolute Gasteiger partial charge is 0.493 e. The summed E-state index contributed by atoms with van der Waals surface area (Å²) < 4.78 is 12.1. The molecule has 130 valence electrons. The van der Waals surface area contributed by atoms with Gasteiger partial charge in [0, 0.05) is 18.9 Å². The molecule has 3 rings (SSSR count). The Labute approximate surface area is 145 Å². The molecule has 0 aliphatic carbocycles. The summed E-state index contributed by atoms with van der Waals surface area (Å²) in [5.74, 6) is 1.18. The molecule has 7 nitrogen and oxygen atoms in total. The highest BCUT2D eigenvalue weighted by Crippen LogP contribution is 2.27. The number of carbonyl (C=O) groups excluding carboxylic acids is 1. The SMILES string of the molecule is COc1ccc(CCNC(=O)c2c(C)nn3cccnc23)cc1OC. The Kier molecular flexibility index (Phi) is 4.83. The van der Waals surface area contributed by atoms with Crippen LogP contribution in [0.3, 0.4) is 0 Å². The number of rotatable bonds is 6. The van der Waals surface area contributed by atoms with E-state index in [1.807, 2.05) is 18.2 Å². The lowest BCUT2D eigenvalue weighted by Crippen LogP contribution is -2.26. The van der Waals surface area contributed by atoms with Gasteiger partial charge in [0.2, 0.25) is 0 Å². The minimum Gasteiger partial charge on any atom is -0.493 e. The maximum absolute atomic E-state index is 12.5. The summed E-state index contributed by atoms with van der Waals surface area (Å²) in [6.07, 6.45) is 4.10. The smallest absolute Gasteiger partial charge is 0.257 e. The first kappa shape index (κ1) is 16.8. The van der Waals surface area contributed by atoms with E-state index in [0.717, 1.165) is 5.56 Å². The van der Waals surface area contributed by atoms with Crippen molar-refractivity contribution in [3.8, 4) is 11.5 Å². The number of hydrogen-bond acceptors (Lipinski definition) is 5. The molecule has 2 aromatic heterocycles. The van der Waals surface area contributed by atoms with E-state index in [1.165, 1.54) is 0 Å². The molecule has 0 aliphatic heterocycles. The van der Waals surface area contributed by atoms with Gasteiger partial charge in [0.1, 0.15) is 5.56 Å². The second kappa shape index (κ2) is 7.21. The second-order valence-electron chi connectivity index (χ2n) is 5.54. The number of fused-ring (bicyclic) bond motifs is 1. The van der Waals surface area contributed by atoms with Gasteiger partial charge in [-0.2, -0.15) is 5.10 Å². The molecule has 2 heterocycles. The number of amides is 1. The number of aryl methyl sites for hydroxylation is 1. The lowest BCUT2D eigenvalue weighted by Gasteiger charge is -2.10. The van der Waals surface area contributed by atoms with Crippen molar-refractivity contribution in [2.75, 3.05) is 20.8 Å². The Morgan fingerprint density at radius 3 is 2.80 bits per heavy atom. The van der Waals surface area contributed by atoms with Crippen LogP contribution in [0.5, 0.6) is 11.5 Å². The summed E-state index contributed by atoms with van der Waals surface area (Å²) in [7, 11) is 3.20. The van der Waals surface area contributed by atoms with Crippen molar-refractivity contribution in [3.05, 3.63) is 53.5 Å². The van der Waals surface area contributed by atoms with Gasteiger partial charge >= 0.3 is 0 Å². The van der Waals surface area contributed by atoms with Gasteiger partial charge in [-0.25, -0.2) is 9.50 Å². The van der Waals surface area contributed by atoms with Crippen LogP contribution in [0, 0.1) is 6.92 Å². The number of ether oxygens (including phenoxy) is 2. The number of carbonyl (C=O) groups is 1. The monoisotopic (exact) mass is 340 g/mol. The lowest BCUT2D eigenvalue weighted by atomic mass is 10.1. The fourth-order valence-corrected chi connectivity index (χ4v) is 2.71. The van der Waals surface area contributed by atoms with Gasteiger partial charge < -0.3 is 14.8 Å². The van der Waals surface area contributed by atoms with E-state index in [4.69, 9.17) is 9.47 Å². The normalized spacial score (nSPS) is 10.7. The molecule has 0 aliphatic rings. The van der Waals surface area contributed by atoms with Crippen LogP contribution in [-0.4, -0.2) is 41.3 Å². The fraction of sp³-hybridized carbons (Fsp3) is 0.278. The molecule has 0 atom stereocenters. The van der Waals surface area contributed by atoms with E-state index in [-0.39, 0.29) is 5.91 Å². The number of hydrogen-bond donors (Lipinski definition) is 1. The van der Waals surface area contributed by atoms with Crippen LogP contribution in [0.25, 0.3) is 5.65 Å². The molecule has 0 fully saturated rings. The zero-order valence-electron chi connectivity index (χ0n) is 14.4. The van der Waals surface area contributed by atoms with E-state index < -0.39 is 0 Å². The maximum atomic E-state index is 12.5. The standard InChI is InChI=1S/C18H20N4O3/c1-12-16(17-19-8-4-10-22(17)21-12)18(23)20-9-7-13-5-6-14(24-2)15(11-13)25-3/h4-6,8,10-11H,7,9H2,1-3H3,(H,20,23). The first-order valence-electron chi connectivity index (χ1n) is 7.93. The quantitative estimate of drug-likeness (QED) is 0.743. The van der Waals surface area contributed by atoms with Crippen molar-refractivity contribution in [1.82, 2.24) is 19.9 Å². The highest BCUT2D eigenvalue weighted by Gasteiger charge is 2.17. The van der Waals surface area contributed by atoms with Gasteiger partial charge in [-0.05, 0) is 37.1 Å². The summed E-state index contributed by atoms with van der Waals surface area (Å²) in [5.41, 5.74) is 2.77. The molecule has 0 saturated heterocycles. The van der Waals surface area contributed by atoms with E-state index in [1.54, 1.807) is 44.1 Å². The van der Waals surface area contributed by atoms with Gasteiger partial charge in [-0.3, -0.25) is 4.79 Å². The Bertz CT molecular complexity index is 904. The number of benzene rings is 1. The van der Waals surface area contributed by atoms with Gasteiger partial charge in [0.05, 0.1) is 19.9 Å². The van der Waals surface area contributed by atoms with E-state index >= 15 is 0 Å². The molecule has 0 saturated carbocycles. The Morgan fingerprint density at radius 2 is 2.04 bits per heavy atom. The summed E-state index contributed by atoms with van der Waals surface area (Å²) in [4.78, 5) is 16.7. The zero-order chi connectivity index (χ0) is 17.8. The van der Waals surface area contributed by atoms with Crippen molar-refractivity contribution in [2.45, 2.75) is 13.3 Å². The van der Waals surface area contributed by atoms with Crippen LogP contribution < -0.4 is 14.8 Å². The van der Waals surface area contributed by atoms with Crippen molar-refractivity contribution < 1.29 is 14.3 Å². The summed E-state index contributed by atoms with van der Waals surface area (Å²) >= 11 is 0. The van der Waals surface area contributed by atoms with Crippen LogP contribution in [0.1, 0.15) is 21.6 Å². The maximum Gasteiger partial charge on any atom is 0.257 e. The molecular formula is C18H20N4O3. The molecule has 0 unspecified atom stereocenters. The number of methoxy groups -OCH3 is 2. The molecule has 0 bridgehead atoms. The first-order valence-corrected chi connectivity index (χ1v) is 7.93. The molecule has 1 amide bonds. The molecule has 1 N–H and O–H groups in total. The topological polar surface area (TPSA) is 77.8 Å². The molecule has 3 aromatic rings. The minimum atomic E-state index is -0.174. The lowest BCUT2D eigenvalue weighted by molar-refractivity contribution is 0.0955. The second-order valence-corrected chi connectivity index (χ2v) is 5.54. The van der Waals surface area contributed by atoms with Crippen LogP contribution in [0.4, 0.5) is 0 Å². The summed E-state index contributed by atoms with van der Waals surface area (Å²) in [6.45, 7) is 2.30. The van der Waals surface area contributed by atoms with E-state index in [9.17, 15) is 4.79 Å². The molecule has 0 spiro atoms. The fourth-order valence-electron chi connectivity index (χ4n) is 2.71. The first-order chi connectivity index (χ1) is 12.1. The predicted molar refractivity (Wildman–Crippen MR) is 93.3 cm³/mol. The average molecular weight is 340 g/mol. The van der Waals surface area contributed by atoms with Gasteiger partial charge in [0.15, 0.2) is 17.1 Å². The van der Waals surface area contributed by atoms with Crippen LogP contribution in [0.2, 0.25) is 0 Å². The van der Waals surface area contributed by atoms with E-state index in [2.05, 4.69) is 15.4 Å². The summed E-state index contributed by atoms with van der Waals surface area (Å²) in [6, 6.07) is 7.50. The Morgan fingerprint density at radius 1 is 1.24 bits per heavy atom. The number of nitrogens with one attached hydrogen (secondary N) is 1. The van der Waals surface area contributed by atoms with Crippen LogP contribution >= 0.6 is 0 Å². The third-order valence-corrected chi connectivity index (χ3v) is 3.94. The average Bonchev–Trinajstić information content (AvgIpc) is 2.97. The minimum absolute atomic E-state index is 0.174. The van der Waals surface area contributed by atoms with Crippen molar-refractivity contribution in [3.63, 3.8) is 0 Å². The van der Waals surface area contributed by atoms with Crippen LogP contribution in [-0.2, 0) is 6.42 Å². The van der Waals surface area contributed by atoms with Crippen molar-refractivity contribution >= 4 is 11.6 Å².